The van der Waals surface area contributed by atoms with Crippen LogP contribution in [-0.2, 0) is 4.74 Å². The van der Waals surface area contributed by atoms with Crippen LogP contribution in [0.3, 0.4) is 0 Å². The first-order valence-corrected chi connectivity index (χ1v) is 4.30. The van der Waals surface area contributed by atoms with E-state index in [4.69, 9.17) is 4.74 Å². The van der Waals surface area contributed by atoms with Crippen LogP contribution in [0.4, 0.5) is 10.1 Å². The molecule has 0 unspecified atom stereocenters. The van der Waals surface area contributed by atoms with E-state index in [1.165, 1.54) is 12.1 Å². The van der Waals surface area contributed by atoms with Crippen LogP contribution in [-0.4, -0.2) is 24.0 Å². The van der Waals surface area contributed by atoms with Crippen molar-refractivity contribution in [3.05, 3.63) is 39.7 Å². The van der Waals surface area contributed by atoms with Gasteiger partial charge in [-0.1, -0.05) is 6.07 Å². The maximum absolute atomic E-state index is 13.4. The number of nitro benzene ring substituents is 1. The average molecular weight is 210 g/mol. The second-order valence-electron chi connectivity index (χ2n) is 2.93. The summed E-state index contributed by atoms with van der Waals surface area (Å²) in [5.74, 6) is -0.676. The Hall–Kier alpha value is -1.98. The fraction of sp³-hybridized carbons (Fsp3) is 0.222. The second-order valence-corrected chi connectivity index (χ2v) is 2.93. The lowest BCUT2D eigenvalue weighted by Crippen LogP contribution is -2.08. The molecule has 78 valence electrons. The lowest BCUT2D eigenvalue weighted by Gasteiger charge is -2.03. The van der Waals surface area contributed by atoms with E-state index in [1.807, 2.05) is 0 Å². The summed E-state index contributed by atoms with van der Waals surface area (Å²) in [6, 6.07) is 3.65. The van der Waals surface area contributed by atoms with Gasteiger partial charge in [-0.2, -0.15) is 0 Å². The number of nitrogens with zero attached hydrogens (tertiary/aromatic N) is 2. The Morgan fingerprint density at radius 2 is 2.33 bits per heavy atom. The first-order valence-electron chi connectivity index (χ1n) is 4.30. The van der Waals surface area contributed by atoms with Crippen molar-refractivity contribution in [2.45, 2.75) is 0 Å². The Labute approximate surface area is 84.3 Å². The standard InChI is InChI=1S/C9H7FN2O3/c10-6-2-1-3-7(12(13)14)8(6)9-11-4-5-15-9/h1-3H,4-5H2. The minimum atomic E-state index is -0.690. The van der Waals surface area contributed by atoms with Gasteiger partial charge in [0.15, 0.2) is 0 Å². The van der Waals surface area contributed by atoms with Gasteiger partial charge < -0.3 is 4.74 Å². The van der Waals surface area contributed by atoms with Gasteiger partial charge >= 0.3 is 0 Å². The van der Waals surface area contributed by atoms with Crippen molar-refractivity contribution in [1.82, 2.24) is 0 Å². The zero-order valence-electron chi connectivity index (χ0n) is 7.64. The molecular weight excluding hydrogens is 203 g/mol. The van der Waals surface area contributed by atoms with E-state index < -0.39 is 10.7 Å². The maximum Gasteiger partial charge on any atom is 0.285 e. The summed E-state index contributed by atoms with van der Waals surface area (Å²) in [7, 11) is 0. The molecule has 1 aliphatic heterocycles. The molecule has 5 nitrogen and oxygen atoms in total. The number of benzene rings is 1. The van der Waals surface area contributed by atoms with Gasteiger partial charge in [0.25, 0.3) is 5.69 Å². The van der Waals surface area contributed by atoms with E-state index >= 15 is 0 Å². The quantitative estimate of drug-likeness (QED) is 0.549. The smallest absolute Gasteiger partial charge is 0.285 e. The van der Waals surface area contributed by atoms with Gasteiger partial charge in [-0.3, -0.25) is 10.1 Å². The van der Waals surface area contributed by atoms with Crippen LogP contribution < -0.4 is 0 Å². The van der Waals surface area contributed by atoms with Gasteiger partial charge in [0.05, 0.1) is 11.5 Å². The van der Waals surface area contributed by atoms with Crippen LogP contribution in [0.1, 0.15) is 5.56 Å². The van der Waals surface area contributed by atoms with Crippen molar-refractivity contribution in [2.75, 3.05) is 13.2 Å². The number of nitro groups is 1. The summed E-state index contributed by atoms with van der Waals surface area (Å²) < 4.78 is 18.4. The second kappa shape index (κ2) is 3.64. The predicted octanol–water partition coefficient (Wildman–Crippen LogP) is 1.51. The molecule has 0 aromatic heterocycles. The predicted molar refractivity (Wildman–Crippen MR) is 50.4 cm³/mol. The van der Waals surface area contributed by atoms with Crippen LogP contribution in [0.5, 0.6) is 0 Å². The van der Waals surface area contributed by atoms with E-state index in [0.29, 0.717) is 13.2 Å². The van der Waals surface area contributed by atoms with Crippen molar-refractivity contribution in [1.29, 1.82) is 0 Å². The van der Waals surface area contributed by atoms with Crippen LogP contribution in [0.15, 0.2) is 23.2 Å². The molecule has 0 N–H and O–H groups in total. The molecule has 0 fully saturated rings. The van der Waals surface area contributed by atoms with Crippen molar-refractivity contribution in [3.8, 4) is 0 Å². The van der Waals surface area contributed by atoms with Crippen LogP contribution in [0.2, 0.25) is 0 Å². The van der Waals surface area contributed by atoms with Gasteiger partial charge in [0.1, 0.15) is 18.0 Å². The summed E-state index contributed by atoms with van der Waals surface area (Å²) >= 11 is 0. The van der Waals surface area contributed by atoms with E-state index in [1.54, 1.807) is 0 Å². The third-order valence-corrected chi connectivity index (χ3v) is 1.99. The van der Waals surface area contributed by atoms with Gasteiger partial charge in [-0.15, -0.1) is 0 Å². The SMILES string of the molecule is O=[N+]([O-])c1cccc(F)c1C1=NCCO1. The average Bonchev–Trinajstić information content (AvgIpc) is 2.70. The monoisotopic (exact) mass is 210 g/mol. The lowest BCUT2D eigenvalue weighted by atomic mass is 10.1. The van der Waals surface area contributed by atoms with Crippen LogP contribution in [0, 0.1) is 15.9 Å². The fourth-order valence-corrected chi connectivity index (χ4v) is 1.36. The summed E-state index contributed by atoms with van der Waals surface area (Å²) in [6.45, 7) is 0.738. The minimum Gasteiger partial charge on any atom is -0.475 e. The zero-order valence-corrected chi connectivity index (χ0v) is 7.64. The van der Waals surface area contributed by atoms with Crippen molar-refractivity contribution in [2.24, 2.45) is 4.99 Å². The maximum atomic E-state index is 13.4. The molecule has 0 atom stereocenters. The Balaban J connectivity index is 2.56. The molecule has 0 bridgehead atoms. The van der Waals surface area contributed by atoms with Crippen LogP contribution in [0.25, 0.3) is 0 Å². The molecule has 0 amide bonds. The molecular formula is C9H7FN2O3. The summed E-state index contributed by atoms with van der Waals surface area (Å²) in [5, 5.41) is 10.7. The largest absolute Gasteiger partial charge is 0.475 e. The topological polar surface area (TPSA) is 64.7 Å². The highest BCUT2D eigenvalue weighted by Gasteiger charge is 2.25. The van der Waals surface area contributed by atoms with Gasteiger partial charge in [-0.25, -0.2) is 9.38 Å². The molecule has 15 heavy (non-hydrogen) atoms. The third kappa shape index (κ3) is 1.65. The molecule has 0 saturated heterocycles. The molecule has 0 aliphatic carbocycles. The number of ether oxygens (including phenoxy) is 1. The zero-order chi connectivity index (χ0) is 10.8. The summed E-state index contributed by atoms with van der Waals surface area (Å²) in [4.78, 5) is 13.9. The normalized spacial score (nSPS) is 14.6. The van der Waals surface area contributed by atoms with Gasteiger partial charge in [0.2, 0.25) is 5.90 Å². The lowest BCUT2D eigenvalue weighted by molar-refractivity contribution is -0.385. The highest BCUT2D eigenvalue weighted by molar-refractivity contribution is 5.99. The van der Waals surface area contributed by atoms with Gasteiger partial charge in [0, 0.05) is 6.07 Å². The first-order chi connectivity index (χ1) is 7.20. The van der Waals surface area contributed by atoms with Gasteiger partial charge in [-0.05, 0) is 6.07 Å². The highest BCUT2D eigenvalue weighted by Crippen LogP contribution is 2.23. The Bertz CT molecular complexity index is 445. The minimum absolute atomic E-state index is 0.0137. The molecule has 0 spiro atoms. The van der Waals surface area contributed by atoms with E-state index in [-0.39, 0.29) is 17.1 Å². The molecule has 1 aromatic rings. The number of hydrogen-bond acceptors (Lipinski definition) is 4. The molecule has 1 aliphatic rings. The van der Waals surface area contributed by atoms with E-state index in [0.717, 1.165) is 6.07 Å². The van der Waals surface area contributed by atoms with Crippen molar-refractivity contribution >= 4 is 11.6 Å². The summed E-state index contributed by atoms with van der Waals surface area (Å²) in [5.41, 5.74) is -0.490. The Kier molecular flexibility index (Phi) is 2.32. The van der Waals surface area contributed by atoms with E-state index in [9.17, 15) is 14.5 Å². The van der Waals surface area contributed by atoms with Crippen molar-refractivity contribution < 1.29 is 14.1 Å². The number of aliphatic imine (C=N–C) groups is 1. The first kappa shape index (κ1) is 9.57. The number of halogens is 1. The Morgan fingerprint density at radius 1 is 1.53 bits per heavy atom. The molecule has 6 heteroatoms. The highest BCUT2D eigenvalue weighted by atomic mass is 19.1. The van der Waals surface area contributed by atoms with Crippen LogP contribution >= 0.6 is 0 Å². The molecule has 1 heterocycles. The Morgan fingerprint density at radius 3 is 2.93 bits per heavy atom. The number of hydrogen-bond donors (Lipinski definition) is 0. The van der Waals surface area contributed by atoms with Crippen molar-refractivity contribution in [3.63, 3.8) is 0 Å². The molecule has 0 radical (unpaired) electrons. The van der Waals surface area contributed by atoms with E-state index in [2.05, 4.69) is 4.99 Å². The molecule has 1 aromatic carbocycles. The molecule has 2 rings (SSSR count). The number of rotatable bonds is 2. The summed E-state index contributed by atoms with van der Waals surface area (Å²) in [6.07, 6.45) is 0. The third-order valence-electron chi connectivity index (χ3n) is 1.99. The molecule has 0 saturated carbocycles. The fourth-order valence-electron chi connectivity index (χ4n) is 1.36.